The lowest BCUT2D eigenvalue weighted by Gasteiger charge is -2.58. The second-order valence-electron chi connectivity index (χ2n) is 9.22. The fourth-order valence-corrected chi connectivity index (χ4v) is 5.33. The average molecular weight is 462 g/mol. The van der Waals surface area contributed by atoms with E-state index in [-0.39, 0.29) is 43.0 Å². The van der Waals surface area contributed by atoms with Crippen LogP contribution in [0.15, 0.2) is 54.6 Å². The van der Waals surface area contributed by atoms with Crippen molar-refractivity contribution < 1.29 is 19.4 Å². The average Bonchev–Trinajstić information content (AvgIpc) is 2.86. The number of benzene rings is 2. The molecule has 2 aromatic carbocycles. The van der Waals surface area contributed by atoms with E-state index < -0.39 is 0 Å². The highest BCUT2D eigenvalue weighted by Crippen LogP contribution is 2.43. The Morgan fingerprint density at radius 3 is 2.35 bits per heavy atom. The molecule has 3 aliphatic heterocycles. The van der Waals surface area contributed by atoms with Gasteiger partial charge in [0.1, 0.15) is 0 Å². The Balaban J connectivity index is 1.27. The molecule has 3 fully saturated rings. The predicted molar refractivity (Wildman–Crippen MR) is 130 cm³/mol. The number of fused-ring (bicyclic) bond motifs is 1. The summed E-state index contributed by atoms with van der Waals surface area (Å²) in [5.74, 6) is -0.0770. The molecule has 3 atom stereocenters. The van der Waals surface area contributed by atoms with E-state index in [4.69, 9.17) is 4.74 Å². The van der Waals surface area contributed by atoms with E-state index in [1.54, 1.807) is 9.80 Å². The van der Waals surface area contributed by atoms with Crippen LogP contribution in [0.5, 0.6) is 0 Å². The van der Waals surface area contributed by atoms with Gasteiger partial charge in [0, 0.05) is 25.6 Å². The Morgan fingerprint density at radius 1 is 1.00 bits per heavy atom. The zero-order valence-electron chi connectivity index (χ0n) is 19.3. The first-order valence-corrected chi connectivity index (χ1v) is 12.0. The Hall–Kier alpha value is -3.00. The van der Waals surface area contributed by atoms with Crippen molar-refractivity contribution in [3.63, 3.8) is 0 Å². The Kier molecular flexibility index (Phi) is 6.76. The van der Waals surface area contributed by atoms with Gasteiger partial charge in [-0.15, -0.1) is 0 Å². The van der Waals surface area contributed by atoms with Gasteiger partial charge in [-0.2, -0.15) is 0 Å². The molecule has 3 aliphatic rings. The highest BCUT2D eigenvalue weighted by Gasteiger charge is 2.54. The minimum Gasteiger partial charge on any atom is -0.394 e. The van der Waals surface area contributed by atoms with Crippen molar-refractivity contribution in [3.05, 3.63) is 71.3 Å². The predicted octanol–water partition coefficient (Wildman–Crippen LogP) is 1.69. The van der Waals surface area contributed by atoms with Crippen LogP contribution in [-0.2, 0) is 14.3 Å². The third kappa shape index (κ3) is 4.64. The number of hydrogen-bond acceptors (Lipinski definition) is 5. The highest BCUT2D eigenvalue weighted by atomic mass is 16.5. The lowest BCUT2D eigenvalue weighted by Crippen LogP contribution is -2.73. The number of aliphatic hydroxyl groups excluding tert-OH is 1. The van der Waals surface area contributed by atoms with E-state index in [1.165, 1.54) is 0 Å². The van der Waals surface area contributed by atoms with E-state index in [1.807, 2.05) is 18.2 Å². The van der Waals surface area contributed by atoms with Crippen LogP contribution in [0.4, 0.5) is 0 Å². The van der Waals surface area contributed by atoms with E-state index in [2.05, 4.69) is 53.5 Å². The summed E-state index contributed by atoms with van der Waals surface area (Å²) in [4.78, 5) is 31.4. The number of piperazine rings is 1. The largest absolute Gasteiger partial charge is 0.394 e. The number of rotatable bonds is 6. The van der Waals surface area contributed by atoms with Crippen molar-refractivity contribution in [2.75, 3.05) is 52.5 Å². The molecule has 3 saturated heterocycles. The SMILES string of the molecule is O=C(CN1CCOCC1)N1CC(=O)N2[C@H](C1)[C@H](c1ccc(/C=C/c3ccccc3)cc1)[C@@H]2CO. The lowest BCUT2D eigenvalue weighted by molar-refractivity contribution is -0.167. The molecule has 3 heterocycles. The van der Waals surface area contributed by atoms with Crippen molar-refractivity contribution in [3.8, 4) is 0 Å². The standard InChI is InChI=1S/C27H31N3O4/c31-19-24-27(22-10-8-21(9-11-22)7-6-20-4-2-1-3-5-20)23-16-29(18-26(33)30(23)24)25(32)17-28-12-14-34-15-13-28/h1-11,23-24,27,31H,12-19H2/b7-6+/t23-,24+,27+/m1/s1. The number of aliphatic hydroxyl groups is 1. The monoisotopic (exact) mass is 461 g/mol. The maximum Gasteiger partial charge on any atom is 0.242 e. The van der Waals surface area contributed by atoms with Crippen LogP contribution in [0.2, 0.25) is 0 Å². The summed E-state index contributed by atoms with van der Waals surface area (Å²) < 4.78 is 5.36. The fourth-order valence-electron chi connectivity index (χ4n) is 5.33. The smallest absolute Gasteiger partial charge is 0.242 e. The number of nitrogens with zero attached hydrogens (tertiary/aromatic N) is 3. The summed E-state index contributed by atoms with van der Waals surface area (Å²) in [5, 5.41) is 10.0. The van der Waals surface area contributed by atoms with Crippen molar-refractivity contribution in [1.29, 1.82) is 0 Å². The van der Waals surface area contributed by atoms with Gasteiger partial charge in [0.2, 0.25) is 11.8 Å². The molecule has 7 nitrogen and oxygen atoms in total. The number of ether oxygens (including phenoxy) is 1. The highest BCUT2D eigenvalue weighted by molar-refractivity contribution is 5.88. The van der Waals surface area contributed by atoms with Crippen LogP contribution < -0.4 is 0 Å². The summed E-state index contributed by atoms with van der Waals surface area (Å²) in [5.41, 5.74) is 3.32. The first-order valence-electron chi connectivity index (χ1n) is 12.0. The molecule has 5 rings (SSSR count). The summed E-state index contributed by atoms with van der Waals surface area (Å²) >= 11 is 0. The fraction of sp³-hybridized carbons (Fsp3) is 0.407. The molecule has 0 unspecified atom stereocenters. The first kappa shape index (κ1) is 22.8. The normalized spacial score (nSPS) is 25.3. The van der Waals surface area contributed by atoms with Gasteiger partial charge in [-0.05, 0) is 16.7 Å². The number of hydrogen-bond donors (Lipinski definition) is 1. The third-order valence-corrected chi connectivity index (χ3v) is 7.16. The Labute approximate surface area is 200 Å². The van der Waals surface area contributed by atoms with Gasteiger partial charge in [0.25, 0.3) is 0 Å². The minimum absolute atomic E-state index is 0.0116. The van der Waals surface area contributed by atoms with Gasteiger partial charge >= 0.3 is 0 Å². The van der Waals surface area contributed by atoms with Crippen molar-refractivity contribution in [2.24, 2.45) is 0 Å². The Bertz CT molecular complexity index is 1030. The zero-order valence-corrected chi connectivity index (χ0v) is 19.3. The number of carbonyl (C=O) groups excluding carboxylic acids is 2. The molecule has 1 N–H and O–H groups in total. The van der Waals surface area contributed by atoms with Crippen LogP contribution >= 0.6 is 0 Å². The van der Waals surface area contributed by atoms with Gasteiger partial charge in [0.15, 0.2) is 0 Å². The topological polar surface area (TPSA) is 73.3 Å². The van der Waals surface area contributed by atoms with Crippen molar-refractivity contribution >= 4 is 24.0 Å². The molecule has 0 spiro atoms. The van der Waals surface area contributed by atoms with Crippen LogP contribution in [0.1, 0.15) is 22.6 Å². The van der Waals surface area contributed by atoms with Gasteiger partial charge in [-0.3, -0.25) is 14.5 Å². The van der Waals surface area contributed by atoms with Gasteiger partial charge in [0.05, 0.1) is 45.0 Å². The van der Waals surface area contributed by atoms with Gasteiger partial charge < -0.3 is 19.6 Å². The maximum absolute atomic E-state index is 12.9. The minimum atomic E-state index is -0.236. The summed E-state index contributed by atoms with van der Waals surface area (Å²) in [6.07, 6.45) is 4.15. The maximum atomic E-state index is 12.9. The van der Waals surface area contributed by atoms with Crippen LogP contribution in [-0.4, -0.2) is 96.2 Å². The quantitative estimate of drug-likeness (QED) is 0.663. The molecule has 34 heavy (non-hydrogen) atoms. The van der Waals surface area contributed by atoms with Crippen LogP contribution in [0, 0.1) is 0 Å². The zero-order chi connectivity index (χ0) is 23.5. The molecule has 7 heteroatoms. The lowest BCUT2D eigenvalue weighted by atomic mass is 9.73. The molecule has 0 radical (unpaired) electrons. The van der Waals surface area contributed by atoms with Crippen molar-refractivity contribution in [1.82, 2.24) is 14.7 Å². The molecule has 0 aromatic heterocycles. The summed E-state index contributed by atoms with van der Waals surface area (Å²) in [6, 6.07) is 18.1. The number of carbonyl (C=O) groups is 2. The molecule has 2 aromatic rings. The van der Waals surface area contributed by atoms with E-state index in [0.717, 1.165) is 29.8 Å². The van der Waals surface area contributed by atoms with Crippen molar-refractivity contribution in [2.45, 2.75) is 18.0 Å². The third-order valence-electron chi connectivity index (χ3n) is 7.16. The molecular weight excluding hydrogens is 430 g/mol. The van der Waals surface area contributed by atoms with Crippen LogP contribution in [0.25, 0.3) is 12.2 Å². The first-order chi connectivity index (χ1) is 16.6. The molecular formula is C27H31N3O4. The molecule has 0 aliphatic carbocycles. The van der Waals surface area contributed by atoms with E-state index >= 15 is 0 Å². The van der Waals surface area contributed by atoms with Gasteiger partial charge in [-0.25, -0.2) is 0 Å². The number of amides is 2. The van der Waals surface area contributed by atoms with Gasteiger partial charge in [-0.1, -0.05) is 66.7 Å². The Morgan fingerprint density at radius 2 is 1.68 bits per heavy atom. The van der Waals surface area contributed by atoms with Crippen LogP contribution in [0.3, 0.4) is 0 Å². The molecule has 0 bridgehead atoms. The summed E-state index contributed by atoms with van der Waals surface area (Å²) in [7, 11) is 0. The molecule has 0 saturated carbocycles. The van der Waals surface area contributed by atoms with E-state index in [0.29, 0.717) is 26.3 Å². The van der Waals surface area contributed by atoms with E-state index in [9.17, 15) is 14.7 Å². The summed E-state index contributed by atoms with van der Waals surface area (Å²) in [6.45, 7) is 3.59. The second-order valence-corrected chi connectivity index (χ2v) is 9.22. The second kappa shape index (κ2) is 10.1. The molecule has 2 amide bonds. The molecule has 178 valence electrons. The number of morpholine rings is 1.